The number of hydrogen-bond donors (Lipinski definition) is 1. The normalized spacial score (nSPS) is 35.5. The molecule has 3 rings (SSSR count). The maximum Gasteiger partial charge on any atom is 0.391 e. The second kappa shape index (κ2) is 4.39. The van der Waals surface area contributed by atoms with Crippen LogP contribution in [-0.2, 0) is 0 Å². The minimum Gasteiger partial charge on any atom is -0.313 e. The Morgan fingerprint density at radius 1 is 0.944 bits per heavy atom. The Bertz CT molecular complexity index is 297. The molecule has 3 aliphatic rings. The summed E-state index contributed by atoms with van der Waals surface area (Å²) in [6, 6.07) is 0.333. The fourth-order valence-corrected chi connectivity index (χ4v) is 3.56. The van der Waals surface area contributed by atoms with Crippen molar-refractivity contribution in [3.8, 4) is 0 Å². The molecule has 0 unspecified atom stereocenters. The second-order valence-corrected chi connectivity index (χ2v) is 6.61. The van der Waals surface area contributed by atoms with Gasteiger partial charge in [-0.15, -0.1) is 0 Å². The van der Waals surface area contributed by atoms with Gasteiger partial charge < -0.3 is 5.32 Å². The summed E-state index contributed by atoms with van der Waals surface area (Å²) in [4.78, 5) is 0. The largest absolute Gasteiger partial charge is 0.391 e. The van der Waals surface area contributed by atoms with Crippen LogP contribution in [0, 0.1) is 17.3 Å². The molecule has 0 spiro atoms. The molecule has 0 saturated heterocycles. The molecule has 0 aromatic rings. The highest BCUT2D eigenvalue weighted by atomic mass is 19.4. The van der Waals surface area contributed by atoms with Gasteiger partial charge in [0.05, 0.1) is 5.92 Å². The molecule has 0 aromatic heterocycles. The summed E-state index contributed by atoms with van der Waals surface area (Å²) >= 11 is 0. The van der Waals surface area contributed by atoms with E-state index in [1.54, 1.807) is 0 Å². The smallest absolute Gasteiger partial charge is 0.313 e. The van der Waals surface area contributed by atoms with Crippen LogP contribution in [0.5, 0.6) is 0 Å². The molecule has 0 amide bonds. The van der Waals surface area contributed by atoms with E-state index in [1.165, 1.54) is 25.7 Å². The lowest BCUT2D eigenvalue weighted by molar-refractivity contribution is -0.182. The molecule has 104 valence electrons. The highest BCUT2D eigenvalue weighted by Gasteiger charge is 2.53. The topological polar surface area (TPSA) is 12.0 Å². The molecule has 4 heteroatoms. The van der Waals surface area contributed by atoms with Crippen LogP contribution in [-0.4, -0.2) is 18.8 Å². The van der Waals surface area contributed by atoms with Crippen molar-refractivity contribution >= 4 is 0 Å². The first kappa shape index (κ1) is 12.8. The fraction of sp³-hybridized carbons (Fsp3) is 1.00. The average molecular weight is 261 g/mol. The molecule has 0 aliphatic heterocycles. The lowest BCUT2D eigenvalue weighted by Crippen LogP contribution is -2.39. The summed E-state index contributed by atoms with van der Waals surface area (Å²) in [7, 11) is 0. The Labute approximate surface area is 107 Å². The predicted octanol–water partition coefficient (Wildman–Crippen LogP) is 3.89. The molecular weight excluding hydrogens is 239 g/mol. The van der Waals surface area contributed by atoms with Crippen molar-refractivity contribution in [1.29, 1.82) is 0 Å². The molecule has 1 N–H and O–H groups in total. The van der Waals surface area contributed by atoms with Gasteiger partial charge in [0.15, 0.2) is 0 Å². The van der Waals surface area contributed by atoms with Crippen molar-refractivity contribution in [2.45, 2.75) is 63.6 Å². The van der Waals surface area contributed by atoms with Gasteiger partial charge in [-0.2, -0.15) is 13.2 Å². The van der Waals surface area contributed by atoms with E-state index >= 15 is 0 Å². The van der Waals surface area contributed by atoms with Crippen LogP contribution < -0.4 is 5.32 Å². The molecule has 3 fully saturated rings. The molecule has 0 atom stereocenters. The van der Waals surface area contributed by atoms with Gasteiger partial charge in [-0.05, 0) is 62.7 Å². The van der Waals surface area contributed by atoms with Crippen molar-refractivity contribution < 1.29 is 13.2 Å². The lowest BCUT2D eigenvalue weighted by atomic mass is 9.85. The van der Waals surface area contributed by atoms with Gasteiger partial charge >= 0.3 is 6.18 Å². The molecule has 0 heterocycles. The van der Waals surface area contributed by atoms with E-state index < -0.39 is 12.1 Å². The summed E-state index contributed by atoms with van der Waals surface area (Å²) < 4.78 is 37.6. The number of rotatable bonds is 4. The average Bonchev–Trinajstić information content (AvgIpc) is 3.17. The molecule has 0 aromatic carbocycles. The van der Waals surface area contributed by atoms with Gasteiger partial charge in [0, 0.05) is 12.6 Å². The van der Waals surface area contributed by atoms with E-state index in [4.69, 9.17) is 0 Å². The van der Waals surface area contributed by atoms with Crippen molar-refractivity contribution in [3.63, 3.8) is 0 Å². The van der Waals surface area contributed by atoms with Crippen LogP contribution in [0.4, 0.5) is 13.2 Å². The molecule has 18 heavy (non-hydrogen) atoms. The van der Waals surface area contributed by atoms with Crippen molar-refractivity contribution in [3.05, 3.63) is 0 Å². The number of halogens is 3. The number of nitrogens with one attached hydrogen (secondary N) is 1. The van der Waals surface area contributed by atoms with Crippen LogP contribution in [0.25, 0.3) is 0 Å². The standard InChI is InChI=1S/C14H22F3N/c15-14(16,17)11-3-5-12(6-4-11)18-9-13(7-8-13)10-1-2-10/h10-12,18H,1-9H2. The third-order valence-corrected chi connectivity index (χ3v) is 5.27. The van der Waals surface area contributed by atoms with Crippen LogP contribution in [0.2, 0.25) is 0 Å². The first-order valence-corrected chi connectivity index (χ1v) is 7.30. The van der Waals surface area contributed by atoms with Gasteiger partial charge in [0.25, 0.3) is 0 Å². The number of hydrogen-bond acceptors (Lipinski definition) is 1. The zero-order chi connectivity index (χ0) is 12.8. The van der Waals surface area contributed by atoms with Crippen LogP contribution in [0.3, 0.4) is 0 Å². The molecule has 3 saturated carbocycles. The maximum atomic E-state index is 12.5. The SMILES string of the molecule is FC(F)(F)C1CCC(NCC2(C3CC3)CC2)CC1. The monoisotopic (exact) mass is 261 g/mol. The molecule has 3 aliphatic carbocycles. The summed E-state index contributed by atoms with van der Waals surface area (Å²) in [5.74, 6) is -0.120. The molecule has 0 bridgehead atoms. The molecular formula is C14H22F3N. The van der Waals surface area contributed by atoms with Gasteiger partial charge in [0.1, 0.15) is 0 Å². The van der Waals surface area contributed by atoms with Gasteiger partial charge in [-0.1, -0.05) is 0 Å². The lowest BCUT2D eigenvalue weighted by Gasteiger charge is -2.31. The van der Waals surface area contributed by atoms with Crippen LogP contribution in [0.15, 0.2) is 0 Å². The van der Waals surface area contributed by atoms with Gasteiger partial charge in [0.2, 0.25) is 0 Å². The van der Waals surface area contributed by atoms with Gasteiger partial charge in [-0.25, -0.2) is 0 Å². The predicted molar refractivity (Wildman–Crippen MR) is 64.2 cm³/mol. The molecule has 0 radical (unpaired) electrons. The minimum atomic E-state index is -3.98. The van der Waals surface area contributed by atoms with Crippen LogP contribution in [0.1, 0.15) is 51.4 Å². The zero-order valence-corrected chi connectivity index (χ0v) is 10.7. The Morgan fingerprint density at radius 2 is 1.56 bits per heavy atom. The first-order chi connectivity index (χ1) is 8.50. The van der Waals surface area contributed by atoms with E-state index in [1.807, 2.05) is 0 Å². The second-order valence-electron chi connectivity index (χ2n) is 6.61. The zero-order valence-electron chi connectivity index (χ0n) is 10.7. The quantitative estimate of drug-likeness (QED) is 0.809. The fourth-order valence-electron chi connectivity index (χ4n) is 3.56. The van der Waals surface area contributed by atoms with E-state index in [2.05, 4.69) is 5.32 Å². The van der Waals surface area contributed by atoms with Crippen molar-refractivity contribution in [2.24, 2.45) is 17.3 Å². The summed E-state index contributed by atoms with van der Waals surface area (Å²) in [5, 5.41) is 3.55. The highest BCUT2D eigenvalue weighted by molar-refractivity contribution is 5.05. The van der Waals surface area contributed by atoms with Crippen molar-refractivity contribution in [1.82, 2.24) is 5.32 Å². The Kier molecular flexibility index (Phi) is 3.12. The maximum absolute atomic E-state index is 12.5. The summed E-state index contributed by atoms with van der Waals surface area (Å²) in [5.41, 5.74) is 0.556. The van der Waals surface area contributed by atoms with E-state index in [-0.39, 0.29) is 0 Å². The Hall–Kier alpha value is -0.250. The van der Waals surface area contributed by atoms with Crippen molar-refractivity contribution in [2.75, 3.05) is 6.54 Å². The number of alkyl halides is 3. The Balaban J connectivity index is 1.41. The van der Waals surface area contributed by atoms with E-state index in [0.29, 0.717) is 37.1 Å². The summed E-state index contributed by atoms with van der Waals surface area (Å²) in [6.45, 7) is 1.05. The van der Waals surface area contributed by atoms with Gasteiger partial charge in [-0.3, -0.25) is 0 Å². The highest BCUT2D eigenvalue weighted by Crippen LogP contribution is 2.60. The molecule has 1 nitrogen and oxygen atoms in total. The van der Waals surface area contributed by atoms with E-state index in [0.717, 1.165) is 12.5 Å². The Morgan fingerprint density at radius 3 is 2.00 bits per heavy atom. The first-order valence-electron chi connectivity index (χ1n) is 7.30. The third kappa shape index (κ3) is 2.68. The van der Waals surface area contributed by atoms with Crippen LogP contribution >= 0.6 is 0 Å². The van der Waals surface area contributed by atoms with E-state index in [9.17, 15) is 13.2 Å². The minimum absolute atomic E-state index is 0.317. The third-order valence-electron chi connectivity index (χ3n) is 5.27. The summed E-state index contributed by atoms with van der Waals surface area (Å²) in [6.07, 6.45) is 3.48.